The molecule has 0 aromatic heterocycles. The van der Waals surface area contributed by atoms with Gasteiger partial charge in [0.1, 0.15) is 5.82 Å². The van der Waals surface area contributed by atoms with Gasteiger partial charge in [-0.25, -0.2) is 4.39 Å². The van der Waals surface area contributed by atoms with Crippen molar-refractivity contribution in [3.05, 3.63) is 66.8 Å². The fourth-order valence-electron chi connectivity index (χ4n) is 2.24. The molecule has 2 aromatic rings. The number of rotatable bonds is 5. The predicted molar refractivity (Wildman–Crippen MR) is 96.1 cm³/mol. The van der Waals surface area contributed by atoms with Gasteiger partial charge in [-0.2, -0.15) is 0 Å². The second kappa shape index (κ2) is 7.86. The fourth-order valence-corrected chi connectivity index (χ4v) is 3.55. The zero-order valence-electron chi connectivity index (χ0n) is 11.5. The van der Waals surface area contributed by atoms with Crippen LogP contribution in [0.1, 0.15) is 24.1 Å². The van der Waals surface area contributed by atoms with Crippen LogP contribution >= 0.6 is 47.8 Å². The second-order valence-corrected chi connectivity index (χ2v) is 7.34. The Balaban J connectivity index is 2.35. The topological polar surface area (TPSA) is 12.0 Å². The zero-order valence-corrected chi connectivity index (χ0v) is 16.2. The Morgan fingerprint density at radius 3 is 2.48 bits per heavy atom. The molecule has 0 radical (unpaired) electrons. The Morgan fingerprint density at radius 2 is 1.76 bits per heavy atom. The third kappa shape index (κ3) is 4.62. The first kappa shape index (κ1) is 17.1. The quantitative estimate of drug-likeness (QED) is 0.554. The van der Waals surface area contributed by atoms with Crippen LogP contribution in [0.15, 0.2) is 49.8 Å². The third-order valence-corrected chi connectivity index (χ3v) is 5.20. The van der Waals surface area contributed by atoms with Crippen LogP contribution in [0.3, 0.4) is 0 Å². The Bertz CT molecular complexity index is 631. The number of halogens is 4. The molecule has 0 amide bonds. The first-order chi connectivity index (χ1) is 10.0. The number of nitrogens with one attached hydrogen (secondary N) is 1. The van der Waals surface area contributed by atoms with Crippen LogP contribution in [-0.2, 0) is 6.42 Å². The fraction of sp³-hybridized carbons (Fsp3) is 0.250. The van der Waals surface area contributed by atoms with Crippen molar-refractivity contribution in [2.75, 3.05) is 6.54 Å². The molecule has 1 unspecified atom stereocenters. The van der Waals surface area contributed by atoms with E-state index in [0.717, 1.165) is 31.1 Å². The van der Waals surface area contributed by atoms with E-state index in [0.29, 0.717) is 6.42 Å². The highest BCUT2D eigenvalue weighted by molar-refractivity contribution is 9.11. The number of likely N-dealkylation sites (N-methyl/N-ethyl adjacent to an activating group) is 1. The van der Waals surface area contributed by atoms with Gasteiger partial charge in [0, 0.05) is 19.5 Å². The molecule has 0 heterocycles. The van der Waals surface area contributed by atoms with Gasteiger partial charge in [0.15, 0.2) is 0 Å². The van der Waals surface area contributed by atoms with Gasteiger partial charge in [-0.1, -0.05) is 54.7 Å². The first-order valence-electron chi connectivity index (χ1n) is 6.63. The van der Waals surface area contributed by atoms with E-state index in [1.807, 2.05) is 12.1 Å². The van der Waals surface area contributed by atoms with Gasteiger partial charge in [-0.05, 0) is 60.5 Å². The molecule has 0 aliphatic rings. The molecule has 0 bridgehead atoms. The van der Waals surface area contributed by atoms with Crippen LogP contribution in [0.4, 0.5) is 4.39 Å². The number of benzene rings is 2. The first-order valence-corrected chi connectivity index (χ1v) is 9.01. The number of hydrogen-bond acceptors (Lipinski definition) is 1. The van der Waals surface area contributed by atoms with Crippen molar-refractivity contribution in [1.29, 1.82) is 0 Å². The summed E-state index contributed by atoms with van der Waals surface area (Å²) in [6.45, 7) is 2.91. The van der Waals surface area contributed by atoms with Gasteiger partial charge in [0.2, 0.25) is 0 Å². The van der Waals surface area contributed by atoms with Gasteiger partial charge in [0.05, 0.1) is 0 Å². The van der Waals surface area contributed by atoms with E-state index < -0.39 is 0 Å². The lowest BCUT2D eigenvalue weighted by Crippen LogP contribution is -2.23. The molecular formula is C16H15Br3FN. The van der Waals surface area contributed by atoms with Crippen molar-refractivity contribution in [2.24, 2.45) is 0 Å². The minimum atomic E-state index is -0.211. The molecule has 1 N–H and O–H groups in total. The Kier molecular flexibility index (Phi) is 6.41. The van der Waals surface area contributed by atoms with Gasteiger partial charge in [-0.15, -0.1) is 0 Å². The predicted octanol–water partition coefficient (Wildman–Crippen LogP) is 6.01. The van der Waals surface area contributed by atoms with Crippen molar-refractivity contribution < 1.29 is 4.39 Å². The average molecular weight is 480 g/mol. The highest BCUT2D eigenvalue weighted by atomic mass is 79.9. The SMILES string of the molecule is CCNC(Cc1cc(F)ccc1Br)c1cc(Br)ccc1Br. The molecule has 0 aliphatic carbocycles. The van der Waals surface area contributed by atoms with Crippen LogP contribution in [0.25, 0.3) is 0 Å². The summed E-state index contributed by atoms with van der Waals surface area (Å²) in [7, 11) is 0. The van der Waals surface area contributed by atoms with E-state index in [2.05, 4.69) is 66.1 Å². The molecule has 0 saturated heterocycles. The van der Waals surface area contributed by atoms with Gasteiger partial charge in [-0.3, -0.25) is 0 Å². The summed E-state index contributed by atoms with van der Waals surface area (Å²) < 4.78 is 16.5. The molecule has 0 spiro atoms. The molecular weight excluding hydrogens is 465 g/mol. The highest BCUT2D eigenvalue weighted by Gasteiger charge is 2.16. The van der Waals surface area contributed by atoms with E-state index in [9.17, 15) is 4.39 Å². The maximum atomic E-state index is 13.5. The summed E-state index contributed by atoms with van der Waals surface area (Å²) in [4.78, 5) is 0. The molecule has 1 nitrogen and oxygen atoms in total. The number of hydrogen-bond donors (Lipinski definition) is 1. The Labute approximate surface area is 149 Å². The Hall–Kier alpha value is -0.230. The molecule has 0 aliphatic heterocycles. The summed E-state index contributed by atoms with van der Waals surface area (Å²) in [6.07, 6.45) is 0.710. The maximum absolute atomic E-state index is 13.5. The summed E-state index contributed by atoms with van der Waals surface area (Å²) in [5, 5.41) is 3.47. The standard InChI is InChI=1S/C16H15Br3FN/c1-2-21-16(13-9-11(17)3-5-15(13)19)8-10-7-12(20)4-6-14(10)18/h3-7,9,16,21H,2,8H2,1H3. The largest absolute Gasteiger partial charge is 0.310 e. The van der Waals surface area contributed by atoms with Crippen LogP contribution in [-0.4, -0.2) is 6.54 Å². The molecule has 1 atom stereocenters. The molecule has 0 saturated carbocycles. The van der Waals surface area contributed by atoms with E-state index in [-0.39, 0.29) is 11.9 Å². The van der Waals surface area contributed by atoms with Crippen LogP contribution in [0, 0.1) is 5.82 Å². The lowest BCUT2D eigenvalue weighted by molar-refractivity contribution is 0.543. The van der Waals surface area contributed by atoms with Crippen molar-refractivity contribution in [3.63, 3.8) is 0 Å². The maximum Gasteiger partial charge on any atom is 0.123 e. The molecule has 0 fully saturated rings. The van der Waals surface area contributed by atoms with Crippen LogP contribution < -0.4 is 5.32 Å². The van der Waals surface area contributed by atoms with Crippen molar-refractivity contribution in [1.82, 2.24) is 5.32 Å². The van der Waals surface area contributed by atoms with E-state index in [1.54, 1.807) is 12.1 Å². The van der Waals surface area contributed by atoms with Gasteiger partial charge in [0.25, 0.3) is 0 Å². The van der Waals surface area contributed by atoms with Crippen molar-refractivity contribution in [2.45, 2.75) is 19.4 Å². The van der Waals surface area contributed by atoms with Gasteiger partial charge < -0.3 is 5.32 Å². The summed E-state index contributed by atoms with van der Waals surface area (Å²) in [5.74, 6) is -0.211. The third-order valence-electron chi connectivity index (χ3n) is 3.22. The van der Waals surface area contributed by atoms with Crippen molar-refractivity contribution >= 4 is 47.8 Å². The molecule has 2 aromatic carbocycles. The van der Waals surface area contributed by atoms with Crippen LogP contribution in [0.2, 0.25) is 0 Å². The van der Waals surface area contributed by atoms with E-state index >= 15 is 0 Å². The zero-order chi connectivity index (χ0) is 15.4. The summed E-state index contributed by atoms with van der Waals surface area (Å²) in [6, 6.07) is 11.0. The van der Waals surface area contributed by atoms with Crippen LogP contribution in [0.5, 0.6) is 0 Å². The summed E-state index contributed by atoms with van der Waals surface area (Å²) >= 11 is 10.6. The second-order valence-electron chi connectivity index (χ2n) is 4.72. The minimum Gasteiger partial charge on any atom is -0.310 e. The van der Waals surface area contributed by atoms with Gasteiger partial charge >= 0.3 is 0 Å². The highest BCUT2D eigenvalue weighted by Crippen LogP contribution is 2.31. The molecule has 21 heavy (non-hydrogen) atoms. The Morgan fingerprint density at radius 1 is 1.05 bits per heavy atom. The summed E-state index contributed by atoms with van der Waals surface area (Å²) in [5.41, 5.74) is 2.11. The average Bonchev–Trinajstić information content (AvgIpc) is 2.45. The molecule has 5 heteroatoms. The lowest BCUT2D eigenvalue weighted by atomic mass is 9.98. The normalized spacial score (nSPS) is 12.4. The molecule has 112 valence electrons. The monoisotopic (exact) mass is 477 g/mol. The van der Waals surface area contributed by atoms with E-state index in [1.165, 1.54) is 6.07 Å². The van der Waals surface area contributed by atoms with Crippen molar-refractivity contribution in [3.8, 4) is 0 Å². The lowest BCUT2D eigenvalue weighted by Gasteiger charge is -2.21. The van der Waals surface area contributed by atoms with E-state index in [4.69, 9.17) is 0 Å². The molecule has 2 rings (SSSR count). The minimum absolute atomic E-state index is 0.111. The smallest absolute Gasteiger partial charge is 0.123 e.